The number of nitrogen functional groups attached to an aromatic ring is 1. The van der Waals surface area contributed by atoms with Gasteiger partial charge in [0.15, 0.2) is 6.29 Å². The third-order valence-corrected chi connectivity index (χ3v) is 7.90. The average molecular weight is 549 g/mol. The van der Waals surface area contributed by atoms with E-state index in [1.165, 1.54) is 12.1 Å². The first-order valence-electron chi connectivity index (χ1n) is 13.0. The van der Waals surface area contributed by atoms with Gasteiger partial charge in [-0.3, -0.25) is 4.18 Å². The largest absolute Gasteiger partial charge is 0.491 e. The van der Waals surface area contributed by atoms with Crippen molar-refractivity contribution >= 4 is 26.7 Å². The Morgan fingerprint density at radius 1 is 1.03 bits per heavy atom. The van der Waals surface area contributed by atoms with Crippen LogP contribution in [0.1, 0.15) is 31.7 Å². The van der Waals surface area contributed by atoms with Crippen molar-refractivity contribution in [3.8, 4) is 22.8 Å². The first-order valence-corrected chi connectivity index (χ1v) is 14.4. The van der Waals surface area contributed by atoms with Crippen molar-refractivity contribution in [1.82, 2.24) is 4.98 Å². The molecule has 0 aliphatic carbocycles. The third-order valence-electron chi connectivity index (χ3n) is 6.49. The van der Waals surface area contributed by atoms with Gasteiger partial charge in [-0.2, -0.15) is 8.42 Å². The number of aromatic nitrogens is 1. The molecule has 2 unspecified atom stereocenters. The Morgan fingerprint density at radius 3 is 2.62 bits per heavy atom. The lowest BCUT2D eigenvalue weighted by Crippen LogP contribution is -2.25. The van der Waals surface area contributed by atoms with Crippen LogP contribution >= 0.6 is 0 Å². The van der Waals surface area contributed by atoms with Crippen molar-refractivity contribution in [3.63, 3.8) is 0 Å². The van der Waals surface area contributed by atoms with Crippen molar-refractivity contribution in [2.75, 3.05) is 18.9 Å². The molecule has 1 aromatic heterocycles. The molecule has 0 saturated carbocycles. The summed E-state index contributed by atoms with van der Waals surface area (Å²) in [5.41, 5.74) is 9.96. The quantitative estimate of drug-likeness (QED) is 0.204. The predicted octanol–water partition coefficient (Wildman–Crippen LogP) is 5.87. The van der Waals surface area contributed by atoms with Gasteiger partial charge in [-0.15, -0.1) is 0 Å². The number of fused-ring (bicyclic) bond motifs is 1. The molecule has 8 nitrogen and oxygen atoms in total. The summed E-state index contributed by atoms with van der Waals surface area (Å²) in [4.78, 5) is 4.75. The number of nitrogens with two attached hydrogens (primary N) is 1. The molecule has 0 amide bonds. The van der Waals surface area contributed by atoms with Crippen LogP contribution in [0, 0.1) is 6.92 Å². The molecule has 39 heavy (non-hydrogen) atoms. The van der Waals surface area contributed by atoms with Crippen LogP contribution in [0.5, 0.6) is 11.5 Å². The van der Waals surface area contributed by atoms with Crippen LogP contribution in [-0.2, 0) is 19.0 Å². The number of hydrogen-bond donors (Lipinski definition) is 1. The third kappa shape index (κ3) is 6.68. The highest BCUT2D eigenvalue weighted by atomic mass is 32.2. The highest BCUT2D eigenvalue weighted by Gasteiger charge is 2.23. The van der Waals surface area contributed by atoms with Gasteiger partial charge >= 0.3 is 0 Å². The molecule has 4 aromatic rings. The van der Waals surface area contributed by atoms with Crippen molar-refractivity contribution in [2.45, 2.75) is 50.4 Å². The minimum Gasteiger partial charge on any atom is -0.491 e. The second kappa shape index (κ2) is 11.6. The SMILES string of the molecule is Cc1ccc(S(=O)(=O)OC(C)COc2ccc3nc(-c4ccc(N)cc4)ccc3c2)cc1OC1CCCCO1. The van der Waals surface area contributed by atoms with Gasteiger partial charge in [0, 0.05) is 29.1 Å². The van der Waals surface area contributed by atoms with Crippen LogP contribution in [0.4, 0.5) is 5.69 Å². The molecule has 9 heteroatoms. The van der Waals surface area contributed by atoms with Gasteiger partial charge < -0.3 is 19.9 Å². The highest BCUT2D eigenvalue weighted by Crippen LogP contribution is 2.28. The van der Waals surface area contributed by atoms with Gasteiger partial charge in [0.25, 0.3) is 10.1 Å². The van der Waals surface area contributed by atoms with Crippen LogP contribution in [0.3, 0.4) is 0 Å². The maximum atomic E-state index is 13.0. The van der Waals surface area contributed by atoms with Crippen molar-refractivity contribution < 1.29 is 26.8 Å². The summed E-state index contributed by atoms with van der Waals surface area (Å²) in [5.74, 6) is 1.07. The summed E-state index contributed by atoms with van der Waals surface area (Å²) in [7, 11) is -4.03. The molecule has 5 rings (SSSR count). The summed E-state index contributed by atoms with van der Waals surface area (Å²) in [5, 5.41) is 0.905. The second-order valence-electron chi connectivity index (χ2n) is 9.69. The zero-order valence-electron chi connectivity index (χ0n) is 22.0. The molecule has 204 valence electrons. The summed E-state index contributed by atoms with van der Waals surface area (Å²) in [6.07, 6.45) is 1.70. The number of nitrogens with zero attached hydrogens (tertiary/aromatic N) is 1. The molecule has 3 aromatic carbocycles. The van der Waals surface area contributed by atoms with Crippen molar-refractivity contribution in [3.05, 3.63) is 78.4 Å². The zero-order chi connectivity index (χ0) is 27.4. The average Bonchev–Trinajstić information content (AvgIpc) is 2.93. The molecular formula is C30H32N2O6S. The van der Waals surface area contributed by atoms with Gasteiger partial charge in [-0.1, -0.05) is 24.3 Å². The van der Waals surface area contributed by atoms with Crippen LogP contribution in [0.15, 0.2) is 77.7 Å². The molecule has 0 radical (unpaired) electrons. The van der Waals surface area contributed by atoms with Crippen molar-refractivity contribution in [1.29, 1.82) is 0 Å². The number of pyridine rings is 1. The van der Waals surface area contributed by atoms with E-state index in [-0.39, 0.29) is 17.8 Å². The minimum absolute atomic E-state index is 0.0273. The van der Waals surface area contributed by atoms with E-state index in [0.717, 1.165) is 47.0 Å². The molecule has 1 aliphatic heterocycles. The molecule has 1 fully saturated rings. The summed E-state index contributed by atoms with van der Waals surface area (Å²) >= 11 is 0. The zero-order valence-corrected chi connectivity index (χ0v) is 22.8. The maximum Gasteiger partial charge on any atom is 0.297 e. The van der Waals surface area contributed by atoms with Crippen LogP contribution in [0.2, 0.25) is 0 Å². The molecule has 1 aliphatic rings. The molecule has 2 N–H and O–H groups in total. The van der Waals surface area contributed by atoms with E-state index in [4.69, 9.17) is 29.1 Å². The lowest BCUT2D eigenvalue weighted by molar-refractivity contribution is -0.106. The number of hydrogen-bond acceptors (Lipinski definition) is 8. The molecule has 2 heterocycles. The van der Waals surface area contributed by atoms with Gasteiger partial charge in [-0.05, 0) is 74.7 Å². The van der Waals surface area contributed by atoms with E-state index in [1.807, 2.05) is 55.5 Å². The second-order valence-corrected chi connectivity index (χ2v) is 11.3. The van der Waals surface area contributed by atoms with E-state index in [2.05, 4.69) is 0 Å². The number of ether oxygens (including phenoxy) is 3. The number of rotatable bonds is 9. The summed E-state index contributed by atoms with van der Waals surface area (Å²) in [6, 6.07) is 21.7. The maximum absolute atomic E-state index is 13.0. The standard InChI is InChI=1S/C30H32N2O6S/c1-20-6-13-26(18-29(20)37-30-5-3-4-16-35-30)39(33,34)38-21(2)19-36-25-12-15-28-23(17-25)9-14-27(32-28)22-7-10-24(31)11-8-22/h6-15,17-18,21,30H,3-5,16,19,31H2,1-2H3. The van der Waals surface area contributed by atoms with E-state index < -0.39 is 16.2 Å². The molecule has 0 bridgehead atoms. The van der Waals surface area contributed by atoms with E-state index in [1.54, 1.807) is 19.1 Å². The molecule has 2 atom stereocenters. The fourth-order valence-corrected chi connectivity index (χ4v) is 5.42. The Bertz CT molecular complexity index is 1550. The van der Waals surface area contributed by atoms with Gasteiger partial charge in [0.05, 0.1) is 22.7 Å². The normalized spacial score (nSPS) is 16.6. The Hall–Kier alpha value is -3.66. The van der Waals surface area contributed by atoms with Crippen LogP contribution in [-0.4, -0.2) is 39.0 Å². The van der Waals surface area contributed by atoms with Crippen LogP contribution < -0.4 is 15.2 Å². The van der Waals surface area contributed by atoms with Gasteiger partial charge in [-0.25, -0.2) is 4.98 Å². The lowest BCUT2D eigenvalue weighted by Gasteiger charge is -2.24. The first-order chi connectivity index (χ1) is 18.8. The van der Waals surface area contributed by atoms with E-state index in [0.29, 0.717) is 23.8 Å². The Kier molecular flexibility index (Phi) is 8.02. The smallest absolute Gasteiger partial charge is 0.297 e. The first kappa shape index (κ1) is 26.9. The van der Waals surface area contributed by atoms with E-state index in [9.17, 15) is 8.42 Å². The predicted molar refractivity (Wildman–Crippen MR) is 150 cm³/mol. The van der Waals surface area contributed by atoms with Gasteiger partial charge in [0.2, 0.25) is 0 Å². The van der Waals surface area contributed by atoms with Crippen LogP contribution in [0.25, 0.3) is 22.2 Å². The monoisotopic (exact) mass is 548 g/mol. The molecule has 0 spiro atoms. The van der Waals surface area contributed by atoms with E-state index >= 15 is 0 Å². The fraction of sp³-hybridized carbons (Fsp3) is 0.300. The Balaban J connectivity index is 1.21. The Labute approximate surface area is 228 Å². The highest BCUT2D eigenvalue weighted by molar-refractivity contribution is 7.86. The fourth-order valence-electron chi connectivity index (χ4n) is 4.33. The lowest BCUT2D eigenvalue weighted by atomic mass is 10.1. The minimum atomic E-state index is -4.03. The molecule has 1 saturated heterocycles. The number of aryl methyl sites for hydroxylation is 1. The number of anilines is 1. The molecular weight excluding hydrogens is 516 g/mol. The van der Waals surface area contributed by atoms with Gasteiger partial charge in [0.1, 0.15) is 24.2 Å². The number of benzene rings is 3. The topological polar surface area (TPSA) is 110 Å². The van der Waals surface area contributed by atoms with Crippen molar-refractivity contribution in [2.24, 2.45) is 0 Å². The Morgan fingerprint density at radius 2 is 1.85 bits per heavy atom. The summed E-state index contributed by atoms with van der Waals surface area (Å²) in [6.45, 7) is 4.21. The summed E-state index contributed by atoms with van der Waals surface area (Å²) < 4.78 is 48.8.